The summed E-state index contributed by atoms with van der Waals surface area (Å²) in [6.07, 6.45) is 1.76. The molecular weight excluding hydrogens is 388 g/mol. The van der Waals surface area contributed by atoms with Crippen molar-refractivity contribution in [1.29, 1.82) is 0 Å². The van der Waals surface area contributed by atoms with E-state index in [1.165, 1.54) is 0 Å². The van der Waals surface area contributed by atoms with Gasteiger partial charge in [-0.15, -0.1) is 11.8 Å². The zero-order chi connectivity index (χ0) is 20.1. The number of rotatable bonds is 6. The first-order chi connectivity index (χ1) is 13.3. The summed E-state index contributed by atoms with van der Waals surface area (Å²) in [6.45, 7) is 5.53. The molecule has 1 N–H and O–H groups in total. The Morgan fingerprint density at radius 2 is 1.75 bits per heavy atom. The number of halogens is 1. The molecular formula is C23H23ClN2OS. The third-order valence-electron chi connectivity index (χ3n) is 4.36. The number of hydrogen-bond donors (Lipinski definition) is 1. The third kappa shape index (κ3) is 5.44. The SMILES string of the molecule is CC(=Nc1ncccc1CSc1ccc(Cl)cc1)c1ccc(C(C)(C)O)cc1. The molecule has 0 aliphatic heterocycles. The molecule has 144 valence electrons. The van der Waals surface area contributed by atoms with E-state index in [-0.39, 0.29) is 0 Å². The van der Waals surface area contributed by atoms with Crippen LogP contribution >= 0.6 is 23.4 Å². The molecule has 28 heavy (non-hydrogen) atoms. The van der Waals surface area contributed by atoms with E-state index in [1.807, 2.05) is 61.5 Å². The Hall–Kier alpha value is -2.14. The summed E-state index contributed by atoms with van der Waals surface area (Å²) in [5.41, 5.74) is 3.00. The summed E-state index contributed by atoms with van der Waals surface area (Å²) >= 11 is 7.68. The van der Waals surface area contributed by atoms with E-state index in [2.05, 4.69) is 11.1 Å². The molecule has 2 aromatic carbocycles. The van der Waals surface area contributed by atoms with Crippen LogP contribution in [-0.2, 0) is 11.4 Å². The highest BCUT2D eigenvalue weighted by Crippen LogP contribution is 2.28. The molecule has 0 unspecified atom stereocenters. The molecule has 1 heterocycles. The Morgan fingerprint density at radius 3 is 2.39 bits per heavy atom. The highest BCUT2D eigenvalue weighted by molar-refractivity contribution is 7.98. The first kappa shape index (κ1) is 20.6. The minimum absolute atomic E-state index is 0.730. The number of aliphatic hydroxyl groups is 1. The van der Waals surface area contributed by atoms with Crippen molar-refractivity contribution in [2.24, 2.45) is 4.99 Å². The van der Waals surface area contributed by atoms with Crippen molar-refractivity contribution in [2.45, 2.75) is 37.0 Å². The molecule has 3 nitrogen and oxygen atoms in total. The van der Waals surface area contributed by atoms with Crippen LogP contribution in [-0.4, -0.2) is 15.8 Å². The second-order valence-corrected chi connectivity index (χ2v) is 8.55. The lowest BCUT2D eigenvalue weighted by Crippen LogP contribution is -2.15. The van der Waals surface area contributed by atoms with Gasteiger partial charge in [0.05, 0.1) is 5.60 Å². The van der Waals surface area contributed by atoms with Crippen LogP contribution in [0, 0.1) is 0 Å². The molecule has 0 fully saturated rings. The zero-order valence-electron chi connectivity index (χ0n) is 16.2. The fraction of sp³-hybridized carbons (Fsp3) is 0.217. The molecule has 0 aliphatic rings. The highest BCUT2D eigenvalue weighted by Gasteiger charge is 2.15. The fourth-order valence-corrected chi connectivity index (χ4v) is 3.68. The Bertz CT molecular complexity index is 961. The van der Waals surface area contributed by atoms with Gasteiger partial charge in [-0.1, -0.05) is 41.9 Å². The predicted molar refractivity (Wildman–Crippen MR) is 119 cm³/mol. The number of thioether (sulfide) groups is 1. The van der Waals surface area contributed by atoms with Crippen LogP contribution in [0.4, 0.5) is 5.82 Å². The molecule has 0 spiro atoms. The zero-order valence-corrected chi connectivity index (χ0v) is 17.8. The fourth-order valence-electron chi connectivity index (χ4n) is 2.68. The Balaban J connectivity index is 1.78. The average molecular weight is 411 g/mol. The van der Waals surface area contributed by atoms with Crippen molar-refractivity contribution in [3.8, 4) is 0 Å². The average Bonchev–Trinajstić information content (AvgIpc) is 2.68. The van der Waals surface area contributed by atoms with Crippen LogP contribution in [0.25, 0.3) is 0 Å². The summed E-state index contributed by atoms with van der Waals surface area (Å²) in [6, 6.07) is 19.6. The molecule has 0 saturated carbocycles. The molecule has 5 heteroatoms. The Labute approximate surface area is 175 Å². The van der Waals surface area contributed by atoms with Crippen molar-refractivity contribution in [3.63, 3.8) is 0 Å². The van der Waals surface area contributed by atoms with E-state index in [0.29, 0.717) is 0 Å². The van der Waals surface area contributed by atoms with E-state index >= 15 is 0 Å². The molecule has 0 atom stereocenters. The van der Waals surface area contributed by atoms with E-state index in [4.69, 9.17) is 16.6 Å². The van der Waals surface area contributed by atoms with E-state index in [1.54, 1.807) is 31.8 Å². The van der Waals surface area contributed by atoms with Crippen LogP contribution in [0.2, 0.25) is 5.02 Å². The van der Waals surface area contributed by atoms with E-state index in [0.717, 1.165) is 43.9 Å². The largest absolute Gasteiger partial charge is 0.386 e. The van der Waals surface area contributed by atoms with Gasteiger partial charge >= 0.3 is 0 Å². The second kappa shape index (κ2) is 8.91. The van der Waals surface area contributed by atoms with Crippen LogP contribution < -0.4 is 0 Å². The minimum atomic E-state index is -0.851. The first-order valence-electron chi connectivity index (χ1n) is 9.04. The number of pyridine rings is 1. The van der Waals surface area contributed by atoms with Gasteiger partial charge in [-0.05, 0) is 62.2 Å². The smallest absolute Gasteiger partial charge is 0.156 e. The first-order valence-corrected chi connectivity index (χ1v) is 10.4. The van der Waals surface area contributed by atoms with Crippen molar-refractivity contribution in [3.05, 3.63) is 88.6 Å². The minimum Gasteiger partial charge on any atom is -0.386 e. The van der Waals surface area contributed by atoms with Crippen molar-refractivity contribution in [2.75, 3.05) is 0 Å². The summed E-state index contributed by atoms with van der Waals surface area (Å²) in [5, 5.41) is 10.8. The normalized spacial score (nSPS) is 12.2. The second-order valence-electron chi connectivity index (χ2n) is 7.06. The molecule has 0 amide bonds. The van der Waals surface area contributed by atoms with Gasteiger partial charge in [0.1, 0.15) is 0 Å². The van der Waals surface area contributed by atoms with Crippen molar-refractivity contribution >= 4 is 34.9 Å². The lowest BCUT2D eigenvalue weighted by Gasteiger charge is -2.17. The predicted octanol–water partition coefficient (Wildman–Crippen LogP) is 6.40. The molecule has 0 saturated heterocycles. The number of aromatic nitrogens is 1. The highest BCUT2D eigenvalue weighted by atomic mass is 35.5. The standard InChI is InChI=1S/C23H23ClN2OS/c1-16(17-6-8-19(9-7-17)23(2,3)27)26-22-18(5-4-14-25-22)15-28-21-12-10-20(24)11-13-21/h4-14,27H,15H2,1-3H3. The van der Waals surface area contributed by atoms with Gasteiger partial charge in [0, 0.05) is 33.1 Å². The number of nitrogens with zero attached hydrogens (tertiary/aromatic N) is 2. The van der Waals surface area contributed by atoms with Gasteiger partial charge in [0.15, 0.2) is 5.82 Å². The lowest BCUT2D eigenvalue weighted by molar-refractivity contribution is 0.0786. The van der Waals surface area contributed by atoms with Crippen LogP contribution in [0.15, 0.2) is 76.7 Å². The molecule has 0 radical (unpaired) electrons. The maximum absolute atomic E-state index is 10.1. The molecule has 3 rings (SSSR count). The number of hydrogen-bond acceptors (Lipinski definition) is 4. The van der Waals surface area contributed by atoms with Crippen molar-refractivity contribution < 1.29 is 5.11 Å². The molecule has 3 aromatic rings. The Kier molecular flexibility index (Phi) is 6.55. The van der Waals surface area contributed by atoms with Crippen LogP contribution in [0.3, 0.4) is 0 Å². The quantitative estimate of drug-likeness (QED) is 0.378. The maximum atomic E-state index is 10.1. The van der Waals surface area contributed by atoms with Gasteiger partial charge in [-0.2, -0.15) is 0 Å². The molecule has 0 aliphatic carbocycles. The van der Waals surface area contributed by atoms with Gasteiger partial charge in [-0.3, -0.25) is 0 Å². The third-order valence-corrected chi connectivity index (χ3v) is 5.67. The topological polar surface area (TPSA) is 45.5 Å². The van der Waals surface area contributed by atoms with Crippen molar-refractivity contribution in [1.82, 2.24) is 4.98 Å². The maximum Gasteiger partial charge on any atom is 0.156 e. The van der Waals surface area contributed by atoms with Crippen LogP contribution in [0.5, 0.6) is 0 Å². The summed E-state index contributed by atoms with van der Waals surface area (Å²) in [4.78, 5) is 10.4. The van der Waals surface area contributed by atoms with Crippen LogP contribution in [0.1, 0.15) is 37.5 Å². The Morgan fingerprint density at radius 1 is 1.07 bits per heavy atom. The van der Waals surface area contributed by atoms with Gasteiger partial charge < -0.3 is 5.11 Å². The summed E-state index contributed by atoms with van der Waals surface area (Å²) < 4.78 is 0. The molecule has 1 aromatic heterocycles. The van der Waals surface area contributed by atoms with E-state index < -0.39 is 5.60 Å². The van der Waals surface area contributed by atoms with Gasteiger partial charge in [0.2, 0.25) is 0 Å². The monoisotopic (exact) mass is 410 g/mol. The van der Waals surface area contributed by atoms with Gasteiger partial charge in [0.25, 0.3) is 0 Å². The number of benzene rings is 2. The van der Waals surface area contributed by atoms with Gasteiger partial charge in [-0.25, -0.2) is 9.98 Å². The number of aliphatic imine (C=N–C) groups is 1. The van der Waals surface area contributed by atoms with E-state index in [9.17, 15) is 5.11 Å². The molecule has 0 bridgehead atoms. The lowest BCUT2D eigenvalue weighted by atomic mass is 9.96. The summed E-state index contributed by atoms with van der Waals surface area (Å²) in [5.74, 6) is 1.51. The summed E-state index contributed by atoms with van der Waals surface area (Å²) in [7, 11) is 0.